The van der Waals surface area contributed by atoms with Crippen LogP contribution in [0.2, 0.25) is 0 Å². The lowest BCUT2D eigenvalue weighted by molar-refractivity contribution is -0.870. The van der Waals surface area contributed by atoms with Crippen LogP contribution in [0.25, 0.3) is 0 Å². The Balaban J connectivity index is 5.47. The van der Waals surface area contributed by atoms with Crippen LogP contribution in [-0.4, -0.2) is 69.4 Å². The fourth-order valence-corrected chi connectivity index (χ4v) is 8.44. The predicted octanol–water partition coefficient (Wildman–Crippen LogP) is 16.4. The Morgan fingerprint density at radius 2 is 0.929 bits per heavy atom. The molecule has 0 bridgehead atoms. The number of quaternary nitrogens is 1. The third-order valence-corrected chi connectivity index (χ3v) is 13.1. The minimum Gasteiger partial charge on any atom is -0.756 e. The zero-order chi connectivity index (χ0) is 51.5. The average Bonchev–Trinajstić information content (AvgIpc) is 3.32. The first-order valence-electron chi connectivity index (χ1n) is 28.4. The van der Waals surface area contributed by atoms with E-state index in [1.807, 2.05) is 45.4 Å². The molecule has 0 rings (SSSR count). The van der Waals surface area contributed by atoms with Crippen molar-refractivity contribution in [3.05, 3.63) is 85.1 Å². The van der Waals surface area contributed by atoms with Crippen LogP contribution in [0.15, 0.2) is 85.1 Å². The number of allylic oxidation sites excluding steroid dienone is 13. The molecule has 0 aliphatic rings. The van der Waals surface area contributed by atoms with Gasteiger partial charge in [-0.25, -0.2) is 0 Å². The maximum atomic E-state index is 13.4. The fourth-order valence-electron chi connectivity index (χ4n) is 7.72. The third kappa shape index (κ3) is 50.1. The van der Waals surface area contributed by atoms with Crippen molar-refractivity contribution in [2.24, 2.45) is 0 Å². The van der Waals surface area contributed by atoms with Crippen molar-refractivity contribution >= 4 is 19.7 Å². The van der Waals surface area contributed by atoms with E-state index in [9.17, 15) is 19.0 Å². The molecular weight excluding hydrogens is 892 g/mol. The van der Waals surface area contributed by atoms with Crippen LogP contribution in [0.5, 0.6) is 0 Å². The molecule has 0 aromatic carbocycles. The number of carbonyl (C=O) groups excluding carboxylic acids is 2. The highest BCUT2D eigenvalue weighted by molar-refractivity contribution is 7.45. The molecule has 0 saturated carbocycles. The number of hydrogen-bond donors (Lipinski definition) is 1. The second-order valence-corrected chi connectivity index (χ2v) is 21.5. The molecule has 0 aliphatic heterocycles. The van der Waals surface area contributed by atoms with Gasteiger partial charge in [0, 0.05) is 12.8 Å². The molecule has 0 saturated heterocycles. The highest BCUT2D eigenvalue weighted by Gasteiger charge is 2.27. The Labute approximate surface area is 431 Å². The highest BCUT2D eigenvalue weighted by atomic mass is 31.2. The number of unbranched alkanes of at least 4 members (excludes halogenated alkanes) is 22. The number of ether oxygens (including phenoxy) is 1. The number of esters is 1. The summed E-state index contributed by atoms with van der Waals surface area (Å²) in [5.74, 6) is -0.640. The van der Waals surface area contributed by atoms with E-state index in [0.29, 0.717) is 17.4 Å². The van der Waals surface area contributed by atoms with E-state index < -0.39 is 26.6 Å². The summed E-state index contributed by atoms with van der Waals surface area (Å²) in [4.78, 5) is 39.8. The standard InChI is InChI=1S/C60H107N2O7P/c1-7-10-13-16-19-22-25-28-29-30-31-32-33-35-37-40-43-46-49-52-59(63)61-57(56-68-70(65,66)67-55-54-62(4,5)6)58(51-48-45-42-39-36-27-24-21-18-15-12-9-3)69-60(64)53-50-47-44-41-38-34-26-23-20-17-14-11-8-2/h10,13,19,22,28-29,31-32,35,37,43,46,48,51,57-58H,7-9,11-12,14-18,20-21,23-27,30,33-34,36,38-42,44-45,47,49-50,52-56H2,1-6H3,(H-,61,63,65,66)/b13-10-,22-19-,29-28-,32-31-,37-35-,46-43-,51-48-. The first-order valence-corrected chi connectivity index (χ1v) is 29.9. The van der Waals surface area contributed by atoms with Crippen LogP contribution in [0, 0.1) is 0 Å². The quantitative estimate of drug-likeness (QED) is 0.0212. The lowest BCUT2D eigenvalue weighted by Gasteiger charge is -2.30. The molecule has 0 aliphatic carbocycles. The highest BCUT2D eigenvalue weighted by Crippen LogP contribution is 2.38. The van der Waals surface area contributed by atoms with Gasteiger partial charge in [-0.15, -0.1) is 0 Å². The van der Waals surface area contributed by atoms with E-state index in [4.69, 9.17) is 13.8 Å². The van der Waals surface area contributed by atoms with Gasteiger partial charge in [0.1, 0.15) is 19.3 Å². The molecule has 3 atom stereocenters. The van der Waals surface area contributed by atoms with Gasteiger partial charge in [0.25, 0.3) is 7.82 Å². The minimum absolute atomic E-state index is 0.0381. The van der Waals surface area contributed by atoms with E-state index in [1.54, 1.807) is 0 Å². The van der Waals surface area contributed by atoms with Gasteiger partial charge in [0.05, 0.1) is 33.8 Å². The van der Waals surface area contributed by atoms with Gasteiger partial charge in [-0.2, -0.15) is 0 Å². The number of hydrogen-bond acceptors (Lipinski definition) is 7. The van der Waals surface area contributed by atoms with Crippen LogP contribution in [0.1, 0.15) is 233 Å². The van der Waals surface area contributed by atoms with Crippen LogP contribution in [0.3, 0.4) is 0 Å². The summed E-state index contributed by atoms with van der Waals surface area (Å²) >= 11 is 0. The van der Waals surface area contributed by atoms with Crippen molar-refractivity contribution in [3.8, 4) is 0 Å². The number of phosphoric acid groups is 1. The molecular formula is C60H107N2O7P. The van der Waals surface area contributed by atoms with Crippen molar-refractivity contribution in [2.75, 3.05) is 40.9 Å². The maximum Gasteiger partial charge on any atom is 0.306 e. The van der Waals surface area contributed by atoms with E-state index in [1.165, 1.54) is 116 Å². The van der Waals surface area contributed by atoms with Crippen LogP contribution in [-0.2, 0) is 27.9 Å². The molecule has 70 heavy (non-hydrogen) atoms. The van der Waals surface area contributed by atoms with Crippen molar-refractivity contribution in [3.63, 3.8) is 0 Å². The molecule has 1 N–H and O–H groups in total. The Kier molecular flexibility index (Phi) is 47.8. The summed E-state index contributed by atoms with van der Waals surface area (Å²) in [7, 11) is 1.13. The van der Waals surface area contributed by atoms with Gasteiger partial charge in [-0.3, -0.25) is 14.2 Å². The molecule has 3 unspecified atom stereocenters. The van der Waals surface area contributed by atoms with Crippen molar-refractivity contribution in [1.82, 2.24) is 5.32 Å². The number of nitrogens with one attached hydrogen (secondary N) is 1. The summed E-state index contributed by atoms with van der Waals surface area (Å²) in [5.41, 5.74) is 0. The van der Waals surface area contributed by atoms with E-state index in [0.717, 1.165) is 77.0 Å². The van der Waals surface area contributed by atoms with E-state index in [2.05, 4.69) is 86.8 Å². The molecule has 0 aromatic rings. The molecule has 1 amide bonds. The average molecular weight is 999 g/mol. The maximum absolute atomic E-state index is 13.4. The summed E-state index contributed by atoms with van der Waals surface area (Å²) < 4.78 is 30.1. The van der Waals surface area contributed by atoms with Gasteiger partial charge in [-0.05, 0) is 70.3 Å². The van der Waals surface area contributed by atoms with E-state index >= 15 is 0 Å². The van der Waals surface area contributed by atoms with Gasteiger partial charge < -0.3 is 28.5 Å². The predicted molar refractivity (Wildman–Crippen MR) is 298 cm³/mol. The minimum atomic E-state index is -4.71. The Bertz CT molecular complexity index is 1480. The first-order chi connectivity index (χ1) is 33.9. The molecule has 0 fully saturated rings. The normalized spacial score (nSPS) is 14.4. The summed E-state index contributed by atoms with van der Waals surface area (Å²) in [5, 5.41) is 2.97. The Hall–Kier alpha value is -2.81. The van der Waals surface area contributed by atoms with Gasteiger partial charge in [0.15, 0.2) is 0 Å². The summed E-state index contributed by atoms with van der Waals surface area (Å²) in [6.45, 7) is 6.66. The van der Waals surface area contributed by atoms with E-state index in [-0.39, 0.29) is 31.3 Å². The smallest absolute Gasteiger partial charge is 0.306 e. The second kappa shape index (κ2) is 49.8. The lowest BCUT2D eigenvalue weighted by Crippen LogP contribution is -2.47. The zero-order valence-electron chi connectivity index (χ0n) is 45.9. The zero-order valence-corrected chi connectivity index (χ0v) is 46.8. The summed E-state index contributed by atoms with van der Waals surface area (Å²) in [6.07, 6.45) is 64.2. The van der Waals surface area contributed by atoms with Gasteiger partial charge >= 0.3 is 5.97 Å². The number of phosphoric ester groups is 1. The monoisotopic (exact) mass is 999 g/mol. The van der Waals surface area contributed by atoms with Gasteiger partial charge in [-0.1, -0.05) is 235 Å². The number of carbonyl (C=O) groups is 2. The first kappa shape index (κ1) is 67.2. The van der Waals surface area contributed by atoms with Crippen molar-refractivity contribution in [1.29, 1.82) is 0 Å². The SMILES string of the molecule is CC/C=C\C/C=C\C/C=C\C/C=C\C/C=C\C/C=C\CCC(=O)NC(COP(=O)([O-])OCC[N+](C)(C)C)C(/C=C\CCCCCCCCCCCC)OC(=O)CCCCCCCCCCCCCCC. The molecule has 404 valence electrons. The van der Waals surface area contributed by atoms with Gasteiger partial charge in [0.2, 0.25) is 5.91 Å². The third-order valence-electron chi connectivity index (χ3n) is 12.1. The Morgan fingerprint density at radius 1 is 0.514 bits per heavy atom. The Morgan fingerprint density at radius 3 is 1.37 bits per heavy atom. The molecule has 0 spiro atoms. The summed E-state index contributed by atoms with van der Waals surface area (Å²) in [6, 6.07) is -0.929. The number of rotatable bonds is 50. The molecule has 9 nitrogen and oxygen atoms in total. The number of nitrogens with zero attached hydrogens (tertiary/aromatic N) is 1. The molecule has 0 aromatic heterocycles. The number of likely N-dealkylation sites (N-methyl/N-ethyl adjacent to an activating group) is 1. The molecule has 0 heterocycles. The molecule has 0 radical (unpaired) electrons. The van der Waals surface area contributed by atoms with Crippen molar-refractivity contribution in [2.45, 2.75) is 245 Å². The molecule has 10 heteroatoms. The van der Waals surface area contributed by atoms with Crippen LogP contribution in [0.4, 0.5) is 0 Å². The van der Waals surface area contributed by atoms with Crippen LogP contribution >= 0.6 is 7.82 Å². The number of amides is 1. The largest absolute Gasteiger partial charge is 0.756 e. The lowest BCUT2D eigenvalue weighted by atomic mass is 10.0. The second-order valence-electron chi connectivity index (χ2n) is 20.1. The van der Waals surface area contributed by atoms with Crippen LogP contribution < -0.4 is 10.2 Å². The topological polar surface area (TPSA) is 114 Å². The fraction of sp³-hybridized carbons (Fsp3) is 0.733. The van der Waals surface area contributed by atoms with Crippen molar-refractivity contribution < 1.29 is 37.3 Å².